The van der Waals surface area contributed by atoms with Crippen molar-refractivity contribution in [2.45, 2.75) is 32.7 Å². The summed E-state index contributed by atoms with van der Waals surface area (Å²) in [6, 6.07) is 6.99. The lowest BCUT2D eigenvalue weighted by Gasteiger charge is -2.04. The predicted octanol–water partition coefficient (Wildman–Crippen LogP) is 3.41. The molecule has 1 heterocycles. The van der Waals surface area contributed by atoms with Crippen molar-refractivity contribution >= 4 is 17.2 Å². The molecule has 0 unspecified atom stereocenters. The van der Waals surface area contributed by atoms with Crippen molar-refractivity contribution in [2.24, 2.45) is 0 Å². The summed E-state index contributed by atoms with van der Waals surface area (Å²) >= 11 is 0. The maximum Gasteiger partial charge on any atom is 0.166 e. The molecule has 2 aromatic rings. The number of benzene rings is 1. The van der Waals surface area contributed by atoms with Gasteiger partial charge in [0.05, 0.1) is 5.69 Å². The molecule has 0 N–H and O–H groups in total. The van der Waals surface area contributed by atoms with Gasteiger partial charge in [0.25, 0.3) is 0 Å². The number of rotatable bonds is 2. The molecule has 1 aromatic carbocycles. The molecule has 0 saturated heterocycles. The van der Waals surface area contributed by atoms with Gasteiger partial charge in [0.15, 0.2) is 6.29 Å². The quantitative estimate of drug-likeness (QED) is 0.701. The Bertz CT molecular complexity index is 576. The zero-order valence-corrected chi connectivity index (χ0v) is 9.66. The van der Waals surface area contributed by atoms with E-state index in [1.165, 1.54) is 29.3 Å². The number of nitrogens with zero attached hydrogens (tertiary/aromatic N) is 1. The largest absolute Gasteiger partial charge is 0.335 e. The van der Waals surface area contributed by atoms with Crippen molar-refractivity contribution in [3.05, 3.63) is 35.0 Å². The van der Waals surface area contributed by atoms with Crippen LogP contribution in [0.4, 0.5) is 0 Å². The normalized spacial score (nSPS) is 15.6. The summed E-state index contributed by atoms with van der Waals surface area (Å²) in [5.74, 6) is 0. The van der Waals surface area contributed by atoms with Gasteiger partial charge in [-0.2, -0.15) is 0 Å². The fourth-order valence-corrected chi connectivity index (χ4v) is 2.48. The van der Waals surface area contributed by atoms with Crippen molar-refractivity contribution in [3.8, 4) is 0 Å². The molecular formula is C14H15NO. The molecule has 0 amide bonds. The van der Waals surface area contributed by atoms with Crippen molar-refractivity contribution in [2.75, 3.05) is 0 Å². The highest BCUT2D eigenvalue weighted by Gasteiger charge is 2.28. The van der Waals surface area contributed by atoms with Crippen molar-refractivity contribution in [3.63, 3.8) is 0 Å². The summed E-state index contributed by atoms with van der Waals surface area (Å²) in [6.45, 7) is 4.14. The molecule has 1 aliphatic carbocycles. The highest BCUT2D eigenvalue weighted by Crippen LogP contribution is 2.40. The van der Waals surface area contributed by atoms with E-state index in [2.05, 4.69) is 29.7 Å². The highest BCUT2D eigenvalue weighted by atomic mass is 16.1. The molecule has 1 saturated carbocycles. The summed E-state index contributed by atoms with van der Waals surface area (Å²) in [4.78, 5) is 11.2. The van der Waals surface area contributed by atoms with Gasteiger partial charge < -0.3 is 4.57 Å². The molecule has 16 heavy (non-hydrogen) atoms. The summed E-state index contributed by atoms with van der Waals surface area (Å²) in [5, 5.41) is 1.23. The van der Waals surface area contributed by atoms with Crippen LogP contribution >= 0.6 is 0 Å². The fourth-order valence-electron chi connectivity index (χ4n) is 2.48. The summed E-state index contributed by atoms with van der Waals surface area (Å²) in [7, 11) is 0. The molecule has 3 rings (SSSR count). The molecule has 0 radical (unpaired) electrons. The predicted molar refractivity (Wildman–Crippen MR) is 65.1 cm³/mol. The van der Waals surface area contributed by atoms with Crippen LogP contribution in [0.25, 0.3) is 10.9 Å². The van der Waals surface area contributed by atoms with Crippen LogP contribution in [0.5, 0.6) is 0 Å². The van der Waals surface area contributed by atoms with Crippen LogP contribution in [0.1, 0.15) is 40.5 Å². The third-order valence-electron chi connectivity index (χ3n) is 3.48. The zero-order valence-electron chi connectivity index (χ0n) is 9.66. The molecule has 0 aliphatic heterocycles. The van der Waals surface area contributed by atoms with Gasteiger partial charge in [-0.15, -0.1) is 0 Å². The second-order valence-electron chi connectivity index (χ2n) is 4.75. The lowest BCUT2D eigenvalue weighted by molar-refractivity contribution is 0.111. The number of hydrogen-bond donors (Lipinski definition) is 0. The van der Waals surface area contributed by atoms with Gasteiger partial charge >= 0.3 is 0 Å². The minimum Gasteiger partial charge on any atom is -0.335 e. The number of fused-ring (bicyclic) bond motifs is 1. The van der Waals surface area contributed by atoms with Crippen LogP contribution < -0.4 is 0 Å². The van der Waals surface area contributed by atoms with E-state index in [0.717, 1.165) is 17.5 Å². The summed E-state index contributed by atoms with van der Waals surface area (Å²) < 4.78 is 2.22. The Morgan fingerprint density at radius 2 is 2.06 bits per heavy atom. The Kier molecular flexibility index (Phi) is 1.93. The van der Waals surface area contributed by atoms with E-state index in [-0.39, 0.29) is 0 Å². The Labute approximate surface area is 94.9 Å². The maximum atomic E-state index is 11.2. The Morgan fingerprint density at radius 1 is 1.31 bits per heavy atom. The van der Waals surface area contributed by atoms with E-state index in [0.29, 0.717) is 6.04 Å². The Hall–Kier alpha value is -1.57. The third-order valence-corrected chi connectivity index (χ3v) is 3.48. The smallest absolute Gasteiger partial charge is 0.166 e. The van der Waals surface area contributed by atoms with E-state index in [9.17, 15) is 4.79 Å². The average Bonchev–Trinajstić information content (AvgIpc) is 3.06. The molecule has 0 bridgehead atoms. The first-order chi connectivity index (χ1) is 7.72. The molecule has 0 atom stereocenters. The first-order valence-electron chi connectivity index (χ1n) is 5.78. The maximum absolute atomic E-state index is 11.2. The minimum atomic E-state index is 0.555. The highest BCUT2D eigenvalue weighted by molar-refractivity contribution is 5.93. The van der Waals surface area contributed by atoms with E-state index < -0.39 is 0 Å². The molecule has 1 aromatic heterocycles. The Morgan fingerprint density at radius 3 is 2.69 bits per heavy atom. The first-order valence-corrected chi connectivity index (χ1v) is 5.78. The summed E-state index contributed by atoms with van der Waals surface area (Å²) in [5.41, 5.74) is 4.46. The molecule has 1 fully saturated rings. The fraction of sp³-hybridized carbons (Fsp3) is 0.357. The van der Waals surface area contributed by atoms with Gasteiger partial charge in [-0.05, 0) is 44.4 Å². The van der Waals surface area contributed by atoms with E-state index in [4.69, 9.17) is 0 Å². The minimum absolute atomic E-state index is 0.555. The van der Waals surface area contributed by atoms with Gasteiger partial charge in [-0.25, -0.2) is 0 Å². The number of hydrogen-bond acceptors (Lipinski definition) is 1. The van der Waals surface area contributed by atoms with Gasteiger partial charge in [0.1, 0.15) is 0 Å². The zero-order chi connectivity index (χ0) is 11.3. The number of carbonyl (C=O) groups excluding carboxylic acids is 1. The van der Waals surface area contributed by atoms with Gasteiger partial charge in [0.2, 0.25) is 0 Å². The lowest BCUT2D eigenvalue weighted by atomic mass is 10.1. The number of aryl methyl sites for hydroxylation is 2. The third kappa shape index (κ3) is 1.22. The second-order valence-corrected chi connectivity index (χ2v) is 4.75. The lowest BCUT2D eigenvalue weighted by Crippen LogP contribution is -1.99. The van der Waals surface area contributed by atoms with Crippen molar-refractivity contribution in [1.29, 1.82) is 0 Å². The van der Waals surface area contributed by atoms with E-state index in [1.54, 1.807) is 0 Å². The molecule has 2 heteroatoms. The topological polar surface area (TPSA) is 22.0 Å². The Balaban J connectivity index is 2.40. The van der Waals surface area contributed by atoms with Crippen LogP contribution in [0.2, 0.25) is 0 Å². The average molecular weight is 213 g/mol. The van der Waals surface area contributed by atoms with E-state index in [1.807, 2.05) is 6.92 Å². The molecular weight excluding hydrogens is 198 g/mol. The number of aromatic nitrogens is 1. The number of carbonyl (C=O) groups is 1. The van der Waals surface area contributed by atoms with Crippen LogP contribution in [-0.2, 0) is 0 Å². The van der Waals surface area contributed by atoms with Crippen LogP contribution in [0, 0.1) is 13.8 Å². The molecule has 0 spiro atoms. The monoisotopic (exact) mass is 213 g/mol. The van der Waals surface area contributed by atoms with Crippen LogP contribution in [0.15, 0.2) is 18.2 Å². The first kappa shape index (κ1) is 9.64. The van der Waals surface area contributed by atoms with Crippen LogP contribution in [0.3, 0.4) is 0 Å². The van der Waals surface area contributed by atoms with Crippen molar-refractivity contribution in [1.82, 2.24) is 4.57 Å². The van der Waals surface area contributed by atoms with Gasteiger partial charge in [0, 0.05) is 16.9 Å². The van der Waals surface area contributed by atoms with Crippen molar-refractivity contribution < 1.29 is 4.79 Å². The van der Waals surface area contributed by atoms with Crippen LogP contribution in [-0.4, -0.2) is 10.9 Å². The molecule has 1 aliphatic rings. The molecule has 2 nitrogen and oxygen atoms in total. The van der Waals surface area contributed by atoms with Gasteiger partial charge in [-0.3, -0.25) is 4.79 Å². The van der Waals surface area contributed by atoms with E-state index >= 15 is 0 Å². The second kappa shape index (κ2) is 3.21. The number of aldehydes is 1. The summed E-state index contributed by atoms with van der Waals surface area (Å²) in [6.07, 6.45) is 3.42. The SMILES string of the molecule is Cc1ccc2c(c1)c(C)c(C=O)n2C1CC1. The van der Waals surface area contributed by atoms with Gasteiger partial charge in [-0.1, -0.05) is 11.6 Å². The molecule has 82 valence electrons. The standard InChI is InChI=1S/C14H15NO/c1-9-3-6-13-12(7-9)10(2)14(8-16)15(13)11-4-5-11/h3,6-8,11H,4-5H2,1-2H3.